The number of hydrogen-bond donors (Lipinski definition) is 0. The highest BCUT2D eigenvalue weighted by atomic mass is 32.1. The zero-order chi connectivity index (χ0) is 12.6. The molecule has 1 aliphatic rings. The predicted octanol–water partition coefficient (Wildman–Crippen LogP) is 2.47. The third-order valence-corrected chi connectivity index (χ3v) is 4.30. The minimum atomic E-state index is -0.287. The molecule has 94 valence electrons. The number of thiazole rings is 1. The summed E-state index contributed by atoms with van der Waals surface area (Å²) in [4.78, 5) is 18.9. The van der Waals surface area contributed by atoms with Gasteiger partial charge in [0.05, 0.1) is 12.8 Å². The molecule has 2 heterocycles. The number of anilines is 1. The van der Waals surface area contributed by atoms with Gasteiger partial charge < -0.3 is 9.64 Å². The zero-order valence-corrected chi connectivity index (χ0v) is 11.6. The molecule has 0 amide bonds. The summed E-state index contributed by atoms with van der Waals surface area (Å²) in [5.74, 6) is -0.287. The summed E-state index contributed by atoms with van der Waals surface area (Å²) in [6.07, 6.45) is 1.17. The highest BCUT2D eigenvalue weighted by molar-refractivity contribution is 7.17. The summed E-state index contributed by atoms with van der Waals surface area (Å²) in [6.45, 7) is 8.39. The number of carbonyl (C=O) groups excluding carboxylic acids is 1. The molecule has 1 fully saturated rings. The number of aromatic nitrogens is 1. The van der Waals surface area contributed by atoms with E-state index in [4.69, 9.17) is 4.74 Å². The van der Waals surface area contributed by atoms with E-state index in [2.05, 4.69) is 23.7 Å². The van der Waals surface area contributed by atoms with Gasteiger partial charge in [-0.25, -0.2) is 9.78 Å². The van der Waals surface area contributed by atoms with Crippen LogP contribution in [0.1, 0.15) is 35.6 Å². The number of nitrogens with zero attached hydrogens (tertiary/aromatic N) is 2. The molecule has 17 heavy (non-hydrogen) atoms. The summed E-state index contributed by atoms with van der Waals surface area (Å²) in [7, 11) is 1.40. The van der Waals surface area contributed by atoms with Gasteiger partial charge in [-0.2, -0.15) is 0 Å². The molecule has 0 saturated carbocycles. The second-order valence-corrected chi connectivity index (χ2v) is 6.22. The van der Waals surface area contributed by atoms with E-state index >= 15 is 0 Å². The minimum Gasteiger partial charge on any atom is -0.465 e. The highest BCUT2D eigenvalue weighted by Gasteiger charge is 2.31. The van der Waals surface area contributed by atoms with Crippen LogP contribution in [0.25, 0.3) is 0 Å². The van der Waals surface area contributed by atoms with Crippen LogP contribution >= 0.6 is 11.3 Å². The first-order chi connectivity index (χ1) is 7.93. The van der Waals surface area contributed by atoms with Crippen molar-refractivity contribution in [2.75, 3.05) is 25.1 Å². The molecule has 5 heteroatoms. The molecule has 0 unspecified atom stereocenters. The Morgan fingerprint density at radius 3 is 2.76 bits per heavy atom. The molecule has 4 nitrogen and oxygen atoms in total. The lowest BCUT2D eigenvalue weighted by Crippen LogP contribution is -2.22. The molecule has 0 atom stereocenters. The van der Waals surface area contributed by atoms with Crippen LogP contribution in [0.5, 0.6) is 0 Å². The number of aryl methyl sites for hydroxylation is 1. The van der Waals surface area contributed by atoms with E-state index in [1.54, 1.807) is 0 Å². The van der Waals surface area contributed by atoms with Crippen molar-refractivity contribution < 1.29 is 9.53 Å². The van der Waals surface area contributed by atoms with E-state index < -0.39 is 0 Å². The van der Waals surface area contributed by atoms with E-state index in [0.717, 1.165) is 23.9 Å². The van der Waals surface area contributed by atoms with E-state index in [-0.39, 0.29) is 5.97 Å². The van der Waals surface area contributed by atoms with Crippen molar-refractivity contribution in [3.8, 4) is 0 Å². The molecule has 2 rings (SSSR count). The average Bonchev–Trinajstić information content (AvgIpc) is 2.80. The Morgan fingerprint density at radius 1 is 1.53 bits per heavy atom. The molecule has 1 saturated heterocycles. The monoisotopic (exact) mass is 254 g/mol. The molecule has 0 aliphatic carbocycles. The van der Waals surface area contributed by atoms with Gasteiger partial charge in [0.2, 0.25) is 0 Å². The Bertz CT molecular complexity index is 440. The summed E-state index contributed by atoms with van der Waals surface area (Å²) in [5.41, 5.74) is 1.10. The summed E-state index contributed by atoms with van der Waals surface area (Å²) < 4.78 is 4.75. The van der Waals surface area contributed by atoms with Crippen molar-refractivity contribution in [3.05, 3.63) is 10.6 Å². The SMILES string of the molecule is COC(=O)c1sc(N2CCC(C)(C)C2)nc1C. The lowest BCUT2D eigenvalue weighted by atomic mass is 9.93. The first-order valence-corrected chi connectivity index (χ1v) is 6.55. The molecule has 0 bridgehead atoms. The van der Waals surface area contributed by atoms with Gasteiger partial charge in [-0.05, 0) is 18.8 Å². The molecular formula is C12H18N2O2S. The standard InChI is InChI=1S/C12H18N2O2S/c1-8-9(10(15)16-4)17-11(13-8)14-6-5-12(2,3)7-14/h5-7H2,1-4H3. The van der Waals surface area contributed by atoms with Gasteiger partial charge in [-0.15, -0.1) is 0 Å². The number of rotatable bonds is 2. The second-order valence-electron chi connectivity index (χ2n) is 5.24. The number of methoxy groups -OCH3 is 1. The van der Waals surface area contributed by atoms with Gasteiger partial charge in [0.1, 0.15) is 4.88 Å². The fourth-order valence-corrected chi connectivity index (χ4v) is 3.09. The fraction of sp³-hybridized carbons (Fsp3) is 0.667. The predicted molar refractivity (Wildman–Crippen MR) is 68.8 cm³/mol. The van der Waals surface area contributed by atoms with Crippen LogP contribution in [0.2, 0.25) is 0 Å². The van der Waals surface area contributed by atoms with E-state index in [0.29, 0.717) is 10.3 Å². The maximum atomic E-state index is 11.5. The molecule has 1 aromatic heterocycles. The van der Waals surface area contributed by atoms with Crippen molar-refractivity contribution in [3.63, 3.8) is 0 Å². The van der Waals surface area contributed by atoms with Gasteiger partial charge in [0.15, 0.2) is 5.13 Å². The van der Waals surface area contributed by atoms with Crippen LogP contribution in [0, 0.1) is 12.3 Å². The molecule has 1 aromatic rings. The van der Waals surface area contributed by atoms with Gasteiger partial charge in [0, 0.05) is 13.1 Å². The smallest absolute Gasteiger partial charge is 0.350 e. The third kappa shape index (κ3) is 2.44. The lowest BCUT2D eigenvalue weighted by Gasteiger charge is -2.18. The Kier molecular flexibility index (Phi) is 3.12. The molecule has 1 aliphatic heterocycles. The Morgan fingerprint density at radius 2 is 2.24 bits per heavy atom. The second kappa shape index (κ2) is 4.29. The first kappa shape index (κ1) is 12.4. The van der Waals surface area contributed by atoms with E-state index in [9.17, 15) is 4.79 Å². The summed E-state index contributed by atoms with van der Waals surface area (Å²) in [6, 6.07) is 0. The van der Waals surface area contributed by atoms with E-state index in [1.807, 2.05) is 6.92 Å². The normalized spacial score (nSPS) is 18.5. The number of hydrogen-bond acceptors (Lipinski definition) is 5. The number of esters is 1. The molecule has 0 N–H and O–H groups in total. The maximum Gasteiger partial charge on any atom is 0.350 e. The van der Waals surface area contributed by atoms with Gasteiger partial charge in [0.25, 0.3) is 0 Å². The lowest BCUT2D eigenvalue weighted by molar-refractivity contribution is 0.0605. The Hall–Kier alpha value is -1.10. The van der Waals surface area contributed by atoms with Crippen molar-refractivity contribution >= 4 is 22.4 Å². The fourth-order valence-electron chi connectivity index (χ4n) is 2.08. The molecule has 0 spiro atoms. The molecular weight excluding hydrogens is 236 g/mol. The van der Waals surface area contributed by atoms with Crippen LogP contribution in [0.3, 0.4) is 0 Å². The van der Waals surface area contributed by atoms with Crippen LogP contribution in [-0.4, -0.2) is 31.2 Å². The van der Waals surface area contributed by atoms with Crippen LogP contribution in [-0.2, 0) is 4.74 Å². The number of ether oxygens (including phenoxy) is 1. The summed E-state index contributed by atoms with van der Waals surface area (Å²) in [5, 5.41) is 0.938. The Balaban J connectivity index is 2.21. The highest BCUT2D eigenvalue weighted by Crippen LogP contribution is 2.35. The van der Waals surface area contributed by atoms with E-state index in [1.165, 1.54) is 24.9 Å². The zero-order valence-electron chi connectivity index (χ0n) is 10.7. The van der Waals surface area contributed by atoms with Gasteiger partial charge in [-0.3, -0.25) is 0 Å². The maximum absolute atomic E-state index is 11.5. The van der Waals surface area contributed by atoms with Crippen molar-refractivity contribution in [1.29, 1.82) is 0 Å². The van der Waals surface area contributed by atoms with Gasteiger partial charge in [-0.1, -0.05) is 25.2 Å². The van der Waals surface area contributed by atoms with Crippen molar-refractivity contribution in [1.82, 2.24) is 4.98 Å². The molecule has 0 radical (unpaired) electrons. The van der Waals surface area contributed by atoms with Crippen LogP contribution in [0.15, 0.2) is 0 Å². The van der Waals surface area contributed by atoms with Crippen LogP contribution in [0.4, 0.5) is 5.13 Å². The quantitative estimate of drug-likeness (QED) is 0.760. The van der Waals surface area contributed by atoms with Crippen molar-refractivity contribution in [2.24, 2.45) is 5.41 Å². The summed E-state index contributed by atoms with van der Waals surface area (Å²) >= 11 is 1.43. The van der Waals surface area contributed by atoms with Gasteiger partial charge >= 0.3 is 5.97 Å². The number of carbonyl (C=O) groups is 1. The van der Waals surface area contributed by atoms with Crippen molar-refractivity contribution in [2.45, 2.75) is 27.2 Å². The first-order valence-electron chi connectivity index (χ1n) is 5.74. The third-order valence-electron chi connectivity index (χ3n) is 3.10. The minimum absolute atomic E-state index is 0.287. The largest absolute Gasteiger partial charge is 0.465 e. The Labute approximate surface area is 106 Å². The topological polar surface area (TPSA) is 42.4 Å². The molecule has 0 aromatic carbocycles. The average molecular weight is 254 g/mol. The van der Waals surface area contributed by atoms with Crippen LogP contribution < -0.4 is 4.90 Å².